The zero-order chi connectivity index (χ0) is 10.5. The van der Waals surface area contributed by atoms with Crippen LogP contribution in [0.2, 0.25) is 0 Å². The van der Waals surface area contributed by atoms with E-state index in [1.165, 1.54) is 25.6 Å². The van der Waals surface area contributed by atoms with Gasteiger partial charge in [0.15, 0.2) is 6.33 Å². The van der Waals surface area contributed by atoms with Gasteiger partial charge in [-0.15, -0.1) is 0 Å². The lowest BCUT2D eigenvalue weighted by Crippen LogP contribution is -2.40. The molecular formula is C10H17N3O2. The molecule has 1 aliphatic carbocycles. The van der Waals surface area contributed by atoms with E-state index in [4.69, 9.17) is 9.63 Å². The van der Waals surface area contributed by atoms with E-state index in [1.54, 1.807) is 0 Å². The molecule has 84 valence electrons. The Hall–Kier alpha value is -0.940. The van der Waals surface area contributed by atoms with Crippen molar-refractivity contribution in [1.82, 2.24) is 15.0 Å². The van der Waals surface area contributed by atoms with Gasteiger partial charge in [-0.2, -0.15) is 4.98 Å². The summed E-state index contributed by atoms with van der Waals surface area (Å²) in [6, 6.07) is 0.642. The van der Waals surface area contributed by atoms with Crippen LogP contribution in [0, 0.1) is 0 Å². The van der Waals surface area contributed by atoms with Gasteiger partial charge in [0, 0.05) is 19.2 Å². The average Bonchev–Trinajstić information content (AvgIpc) is 2.64. The fraction of sp³-hybridized carbons (Fsp3) is 0.800. The normalized spacial score (nSPS) is 16.9. The number of nitrogens with zero attached hydrogens (tertiary/aromatic N) is 3. The predicted octanol–water partition coefficient (Wildman–Crippen LogP) is 0.806. The molecule has 1 fully saturated rings. The number of aliphatic hydroxyl groups is 1. The summed E-state index contributed by atoms with van der Waals surface area (Å²) in [5, 5.41) is 12.4. The van der Waals surface area contributed by atoms with E-state index in [2.05, 4.69) is 15.0 Å². The van der Waals surface area contributed by atoms with Gasteiger partial charge in [-0.05, 0) is 19.3 Å². The predicted molar refractivity (Wildman–Crippen MR) is 54.0 cm³/mol. The molecule has 15 heavy (non-hydrogen) atoms. The highest BCUT2D eigenvalue weighted by Gasteiger charge is 2.25. The van der Waals surface area contributed by atoms with E-state index in [9.17, 15) is 0 Å². The highest BCUT2D eigenvalue weighted by Crippen LogP contribution is 2.25. The first-order valence-corrected chi connectivity index (χ1v) is 5.50. The molecule has 0 unspecified atom stereocenters. The van der Waals surface area contributed by atoms with Crippen LogP contribution in [-0.4, -0.2) is 39.3 Å². The molecule has 0 radical (unpaired) electrons. The van der Waals surface area contributed by atoms with Gasteiger partial charge in [0.25, 0.3) is 0 Å². The van der Waals surface area contributed by atoms with Gasteiger partial charge < -0.3 is 9.63 Å². The second-order valence-electron chi connectivity index (χ2n) is 3.97. The Labute approximate surface area is 89.1 Å². The zero-order valence-electron chi connectivity index (χ0n) is 8.80. The Morgan fingerprint density at radius 2 is 2.40 bits per heavy atom. The number of hydrogen-bond donors (Lipinski definition) is 1. The van der Waals surface area contributed by atoms with Crippen molar-refractivity contribution < 1.29 is 9.63 Å². The molecule has 1 aliphatic rings. The topological polar surface area (TPSA) is 62.4 Å². The first kappa shape index (κ1) is 10.6. The summed E-state index contributed by atoms with van der Waals surface area (Å²) in [6.45, 7) is 1.86. The Bertz CT molecular complexity index is 272. The quantitative estimate of drug-likeness (QED) is 0.754. The largest absolute Gasteiger partial charge is 0.396 e. The second-order valence-corrected chi connectivity index (χ2v) is 3.97. The van der Waals surface area contributed by atoms with Gasteiger partial charge in [0.2, 0.25) is 5.89 Å². The Morgan fingerprint density at radius 3 is 2.93 bits per heavy atom. The standard InChI is InChI=1S/C10H17N3O2/c14-6-2-5-13(9-3-1-4-9)7-10-11-8-12-15-10/h8-9,14H,1-7H2. The molecule has 5 nitrogen and oxygen atoms in total. The van der Waals surface area contributed by atoms with Crippen LogP contribution in [0.25, 0.3) is 0 Å². The van der Waals surface area contributed by atoms with E-state index >= 15 is 0 Å². The summed E-state index contributed by atoms with van der Waals surface area (Å²) in [5.41, 5.74) is 0. The maximum atomic E-state index is 8.84. The molecular weight excluding hydrogens is 194 g/mol. The van der Waals surface area contributed by atoms with E-state index in [-0.39, 0.29) is 6.61 Å². The fourth-order valence-electron chi connectivity index (χ4n) is 1.86. The lowest BCUT2D eigenvalue weighted by atomic mass is 9.91. The number of aromatic nitrogens is 2. The molecule has 0 bridgehead atoms. The summed E-state index contributed by atoms with van der Waals surface area (Å²) in [4.78, 5) is 6.35. The number of hydrogen-bond acceptors (Lipinski definition) is 5. The fourth-order valence-corrected chi connectivity index (χ4v) is 1.86. The number of aliphatic hydroxyl groups excluding tert-OH is 1. The van der Waals surface area contributed by atoms with E-state index < -0.39 is 0 Å². The van der Waals surface area contributed by atoms with E-state index in [0.29, 0.717) is 18.5 Å². The second kappa shape index (κ2) is 5.23. The van der Waals surface area contributed by atoms with Gasteiger partial charge >= 0.3 is 0 Å². The monoisotopic (exact) mass is 211 g/mol. The van der Waals surface area contributed by atoms with Crippen molar-refractivity contribution >= 4 is 0 Å². The summed E-state index contributed by atoms with van der Waals surface area (Å²) in [5.74, 6) is 0.667. The summed E-state index contributed by atoms with van der Waals surface area (Å²) < 4.78 is 5.00. The molecule has 5 heteroatoms. The minimum Gasteiger partial charge on any atom is -0.396 e. The molecule has 1 N–H and O–H groups in total. The van der Waals surface area contributed by atoms with Crippen LogP contribution < -0.4 is 0 Å². The van der Waals surface area contributed by atoms with Crippen molar-refractivity contribution in [3.05, 3.63) is 12.2 Å². The minimum atomic E-state index is 0.243. The number of rotatable bonds is 6. The highest BCUT2D eigenvalue weighted by atomic mass is 16.5. The Morgan fingerprint density at radius 1 is 1.53 bits per heavy atom. The maximum Gasteiger partial charge on any atom is 0.240 e. The molecule has 0 atom stereocenters. The molecule has 1 aromatic heterocycles. The Kier molecular flexibility index (Phi) is 3.69. The third kappa shape index (κ3) is 2.76. The van der Waals surface area contributed by atoms with Crippen LogP contribution >= 0.6 is 0 Å². The van der Waals surface area contributed by atoms with Crippen LogP contribution in [-0.2, 0) is 6.54 Å². The molecule has 0 amide bonds. The van der Waals surface area contributed by atoms with Gasteiger partial charge in [-0.1, -0.05) is 11.6 Å². The van der Waals surface area contributed by atoms with E-state index in [0.717, 1.165) is 13.0 Å². The van der Waals surface area contributed by atoms with Crippen LogP contribution in [0.15, 0.2) is 10.9 Å². The highest BCUT2D eigenvalue weighted by molar-refractivity contribution is 4.84. The van der Waals surface area contributed by atoms with Gasteiger partial charge in [0.05, 0.1) is 6.54 Å². The van der Waals surface area contributed by atoms with Crippen molar-refractivity contribution in [2.24, 2.45) is 0 Å². The van der Waals surface area contributed by atoms with Gasteiger partial charge in [0.1, 0.15) is 0 Å². The summed E-state index contributed by atoms with van der Waals surface area (Å²) >= 11 is 0. The van der Waals surface area contributed by atoms with Crippen LogP contribution in [0.5, 0.6) is 0 Å². The van der Waals surface area contributed by atoms with Crippen molar-refractivity contribution in [3.63, 3.8) is 0 Å². The first-order chi connectivity index (χ1) is 7.40. The molecule has 0 saturated heterocycles. The van der Waals surface area contributed by atoms with Crippen LogP contribution in [0.4, 0.5) is 0 Å². The molecule has 0 aromatic carbocycles. The Balaban J connectivity index is 1.86. The smallest absolute Gasteiger partial charge is 0.240 e. The summed E-state index contributed by atoms with van der Waals surface area (Å²) in [7, 11) is 0. The molecule has 1 heterocycles. The molecule has 0 aliphatic heterocycles. The third-order valence-corrected chi connectivity index (χ3v) is 2.94. The first-order valence-electron chi connectivity index (χ1n) is 5.50. The van der Waals surface area contributed by atoms with Crippen molar-refractivity contribution in [1.29, 1.82) is 0 Å². The van der Waals surface area contributed by atoms with Gasteiger partial charge in [-0.3, -0.25) is 4.90 Å². The average molecular weight is 211 g/mol. The molecule has 1 saturated carbocycles. The molecule has 2 rings (SSSR count). The van der Waals surface area contributed by atoms with Gasteiger partial charge in [-0.25, -0.2) is 0 Å². The lowest BCUT2D eigenvalue weighted by Gasteiger charge is -2.36. The van der Waals surface area contributed by atoms with E-state index in [1.807, 2.05) is 0 Å². The minimum absolute atomic E-state index is 0.243. The molecule has 1 aromatic rings. The zero-order valence-corrected chi connectivity index (χ0v) is 8.80. The van der Waals surface area contributed by atoms with Crippen molar-refractivity contribution in [3.8, 4) is 0 Å². The van der Waals surface area contributed by atoms with Crippen molar-refractivity contribution in [2.75, 3.05) is 13.2 Å². The maximum absolute atomic E-state index is 8.84. The van der Waals surface area contributed by atoms with Crippen molar-refractivity contribution in [2.45, 2.75) is 38.3 Å². The lowest BCUT2D eigenvalue weighted by molar-refractivity contribution is 0.0969. The third-order valence-electron chi connectivity index (χ3n) is 2.94. The van der Waals surface area contributed by atoms with Crippen LogP contribution in [0.3, 0.4) is 0 Å². The summed E-state index contributed by atoms with van der Waals surface area (Å²) in [6.07, 6.45) is 6.05. The van der Waals surface area contributed by atoms with Crippen LogP contribution in [0.1, 0.15) is 31.6 Å². The molecule has 0 spiro atoms. The SMILES string of the molecule is OCCCN(Cc1ncno1)C1CCC1.